The molecule has 1 saturated carbocycles. The first-order valence-electron chi connectivity index (χ1n) is 6.99. The fourth-order valence-corrected chi connectivity index (χ4v) is 2.92. The van der Waals surface area contributed by atoms with Crippen LogP contribution in [0.3, 0.4) is 0 Å². The van der Waals surface area contributed by atoms with E-state index in [4.69, 9.17) is 5.11 Å². The van der Waals surface area contributed by atoms with Crippen LogP contribution in [0.4, 0.5) is 10.5 Å². The lowest BCUT2D eigenvalue weighted by Gasteiger charge is -2.18. The van der Waals surface area contributed by atoms with Gasteiger partial charge in [-0.15, -0.1) is 0 Å². The zero-order valence-electron chi connectivity index (χ0n) is 11.3. The van der Waals surface area contributed by atoms with Crippen LogP contribution in [0, 0.1) is 0 Å². The lowest BCUT2D eigenvalue weighted by atomic mass is 9.99. The van der Waals surface area contributed by atoms with Gasteiger partial charge in [-0.1, -0.05) is 18.2 Å². The average molecular weight is 274 g/mol. The minimum Gasteiger partial charge on any atom is -0.481 e. The standard InChI is InChI=1S/C15H18N2O3/c18-13(19)6-3-9-16-14(20)17-10-15(7-8-15)11-4-1-2-5-12(11)17/h1-2,4-5H,3,6-10H2,(H,16,20)(H,18,19). The normalized spacial score (nSPS) is 17.9. The highest BCUT2D eigenvalue weighted by Gasteiger charge is 2.52. The number of amides is 2. The number of para-hydroxylation sites is 1. The van der Waals surface area contributed by atoms with E-state index < -0.39 is 5.97 Å². The van der Waals surface area contributed by atoms with Crippen LogP contribution in [-0.2, 0) is 10.2 Å². The van der Waals surface area contributed by atoms with Crippen LogP contribution in [0.1, 0.15) is 31.2 Å². The van der Waals surface area contributed by atoms with Gasteiger partial charge in [0.15, 0.2) is 0 Å². The van der Waals surface area contributed by atoms with E-state index in [9.17, 15) is 9.59 Å². The summed E-state index contributed by atoms with van der Waals surface area (Å²) in [7, 11) is 0. The second kappa shape index (κ2) is 4.81. The fourth-order valence-electron chi connectivity index (χ4n) is 2.92. The number of hydrogen-bond acceptors (Lipinski definition) is 2. The molecule has 1 aliphatic carbocycles. The number of aliphatic carboxylic acids is 1. The average Bonchev–Trinajstić information content (AvgIpc) is 3.13. The summed E-state index contributed by atoms with van der Waals surface area (Å²) in [6.45, 7) is 1.15. The van der Waals surface area contributed by atoms with Gasteiger partial charge in [-0.25, -0.2) is 4.79 Å². The van der Waals surface area contributed by atoms with Gasteiger partial charge in [-0.2, -0.15) is 0 Å². The maximum atomic E-state index is 12.2. The van der Waals surface area contributed by atoms with Crippen molar-refractivity contribution in [2.75, 3.05) is 18.0 Å². The van der Waals surface area contributed by atoms with Gasteiger partial charge in [0, 0.05) is 30.6 Å². The molecule has 0 atom stereocenters. The Balaban J connectivity index is 1.64. The molecular formula is C15H18N2O3. The Morgan fingerprint density at radius 3 is 2.75 bits per heavy atom. The first kappa shape index (κ1) is 13.0. The Morgan fingerprint density at radius 1 is 1.30 bits per heavy atom. The van der Waals surface area contributed by atoms with Crippen molar-refractivity contribution in [2.45, 2.75) is 31.1 Å². The van der Waals surface area contributed by atoms with Gasteiger partial charge in [0.25, 0.3) is 0 Å². The molecule has 1 spiro atoms. The molecule has 2 N–H and O–H groups in total. The lowest BCUT2D eigenvalue weighted by molar-refractivity contribution is -0.137. The molecule has 1 fully saturated rings. The molecule has 1 aromatic rings. The molecule has 0 radical (unpaired) electrons. The zero-order valence-corrected chi connectivity index (χ0v) is 11.3. The van der Waals surface area contributed by atoms with Crippen LogP contribution in [0.25, 0.3) is 0 Å². The van der Waals surface area contributed by atoms with Crippen molar-refractivity contribution in [3.63, 3.8) is 0 Å². The number of benzene rings is 1. The van der Waals surface area contributed by atoms with Crippen LogP contribution in [0.2, 0.25) is 0 Å². The summed E-state index contributed by atoms with van der Waals surface area (Å²) < 4.78 is 0. The summed E-state index contributed by atoms with van der Waals surface area (Å²) in [4.78, 5) is 24.5. The SMILES string of the molecule is O=C(O)CCCNC(=O)N1CC2(CC2)c2ccccc21. The molecule has 3 rings (SSSR count). The summed E-state index contributed by atoms with van der Waals surface area (Å²) in [5.41, 5.74) is 2.47. The smallest absolute Gasteiger partial charge is 0.321 e. The highest BCUT2D eigenvalue weighted by atomic mass is 16.4. The Hall–Kier alpha value is -2.04. The molecule has 1 aromatic carbocycles. The van der Waals surface area contributed by atoms with Crippen molar-refractivity contribution >= 4 is 17.7 Å². The lowest BCUT2D eigenvalue weighted by Crippen LogP contribution is -2.40. The Bertz CT molecular complexity index is 552. The van der Waals surface area contributed by atoms with Crippen LogP contribution >= 0.6 is 0 Å². The van der Waals surface area contributed by atoms with Crippen molar-refractivity contribution in [3.8, 4) is 0 Å². The number of carboxylic acids is 1. The van der Waals surface area contributed by atoms with Gasteiger partial charge in [0.05, 0.1) is 0 Å². The number of urea groups is 1. The minimum atomic E-state index is -0.831. The van der Waals surface area contributed by atoms with E-state index in [0.29, 0.717) is 13.0 Å². The maximum Gasteiger partial charge on any atom is 0.321 e. The molecule has 0 saturated heterocycles. The van der Waals surface area contributed by atoms with E-state index in [1.165, 1.54) is 5.56 Å². The zero-order chi connectivity index (χ0) is 14.2. The van der Waals surface area contributed by atoms with Crippen molar-refractivity contribution in [1.82, 2.24) is 5.32 Å². The van der Waals surface area contributed by atoms with Crippen LogP contribution in [0.5, 0.6) is 0 Å². The first-order valence-corrected chi connectivity index (χ1v) is 6.99. The molecule has 0 bridgehead atoms. The number of nitrogens with one attached hydrogen (secondary N) is 1. The van der Waals surface area contributed by atoms with Crippen molar-refractivity contribution in [3.05, 3.63) is 29.8 Å². The molecule has 5 heteroatoms. The number of anilines is 1. The second-order valence-electron chi connectivity index (χ2n) is 5.61. The molecule has 5 nitrogen and oxygen atoms in total. The number of nitrogens with zero attached hydrogens (tertiary/aromatic N) is 1. The predicted octanol–water partition coefficient (Wildman–Crippen LogP) is 2.11. The summed E-state index contributed by atoms with van der Waals surface area (Å²) >= 11 is 0. The van der Waals surface area contributed by atoms with Crippen LogP contribution in [-0.4, -0.2) is 30.2 Å². The maximum absolute atomic E-state index is 12.2. The van der Waals surface area contributed by atoms with Gasteiger partial charge in [-0.05, 0) is 30.9 Å². The summed E-state index contributed by atoms with van der Waals surface area (Å²) in [5, 5.41) is 11.4. The summed E-state index contributed by atoms with van der Waals surface area (Å²) in [6.07, 6.45) is 2.84. The highest BCUT2D eigenvalue weighted by molar-refractivity contribution is 5.95. The highest BCUT2D eigenvalue weighted by Crippen LogP contribution is 2.56. The van der Waals surface area contributed by atoms with E-state index in [0.717, 1.165) is 25.1 Å². The molecule has 0 unspecified atom stereocenters. The van der Waals surface area contributed by atoms with E-state index in [1.54, 1.807) is 4.90 Å². The summed E-state index contributed by atoms with van der Waals surface area (Å²) in [5.74, 6) is -0.831. The van der Waals surface area contributed by atoms with Crippen molar-refractivity contribution < 1.29 is 14.7 Å². The molecule has 2 amide bonds. The molecule has 106 valence electrons. The van der Waals surface area contributed by atoms with Crippen LogP contribution < -0.4 is 10.2 Å². The van der Waals surface area contributed by atoms with Gasteiger partial charge in [-0.3, -0.25) is 9.69 Å². The molecular weight excluding hydrogens is 256 g/mol. The number of carboxylic acid groups (broad SMARTS) is 1. The van der Waals surface area contributed by atoms with Crippen molar-refractivity contribution in [1.29, 1.82) is 0 Å². The number of carbonyl (C=O) groups excluding carboxylic acids is 1. The Morgan fingerprint density at radius 2 is 2.05 bits per heavy atom. The minimum absolute atomic E-state index is 0.0841. The van der Waals surface area contributed by atoms with Gasteiger partial charge in [0.2, 0.25) is 0 Å². The molecule has 1 heterocycles. The van der Waals surface area contributed by atoms with E-state index in [2.05, 4.69) is 11.4 Å². The largest absolute Gasteiger partial charge is 0.481 e. The van der Waals surface area contributed by atoms with E-state index in [1.807, 2.05) is 18.2 Å². The fraction of sp³-hybridized carbons (Fsp3) is 0.467. The number of hydrogen-bond donors (Lipinski definition) is 2. The molecule has 2 aliphatic rings. The summed E-state index contributed by atoms with van der Waals surface area (Å²) in [6, 6.07) is 7.95. The topological polar surface area (TPSA) is 69.6 Å². The van der Waals surface area contributed by atoms with Gasteiger partial charge >= 0.3 is 12.0 Å². The molecule has 1 aliphatic heterocycles. The number of carbonyl (C=O) groups is 2. The van der Waals surface area contributed by atoms with Crippen molar-refractivity contribution in [2.24, 2.45) is 0 Å². The monoisotopic (exact) mass is 274 g/mol. The third kappa shape index (κ3) is 2.24. The predicted molar refractivity (Wildman–Crippen MR) is 75.0 cm³/mol. The van der Waals surface area contributed by atoms with Gasteiger partial charge in [0.1, 0.15) is 0 Å². The Labute approximate surface area is 117 Å². The third-order valence-corrected chi connectivity index (χ3v) is 4.17. The Kier molecular flexibility index (Phi) is 3.12. The molecule has 0 aromatic heterocycles. The molecule has 20 heavy (non-hydrogen) atoms. The van der Waals surface area contributed by atoms with Crippen LogP contribution in [0.15, 0.2) is 24.3 Å². The second-order valence-corrected chi connectivity index (χ2v) is 5.61. The van der Waals surface area contributed by atoms with E-state index in [-0.39, 0.29) is 17.9 Å². The third-order valence-electron chi connectivity index (χ3n) is 4.17. The first-order chi connectivity index (χ1) is 9.62. The quantitative estimate of drug-likeness (QED) is 0.826. The van der Waals surface area contributed by atoms with E-state index >= 15 is 0 Å². The number of rotatable bonds is 4. The number of fused-ring (bicyclic) bond motifs is 2. The van der Waals surface area contributed by atoms with Gasteiger partial charge < -0.3 is 10.4 Å².